The first-order chi connectivity index (χ1) is 15.9. The number of benzene rings is 2. The molecule has 1 aliphatic heterocycles. The van der Waals surface area contributed by atoms with Gasteiger partial charge in [-0.05, 0) is 55.6 Å². The van der Waals surface area contributed by atoms with Crippen LogP contribution in [0.15, 0.2) is 60.7 Å². The van der Waals surface area contributed by atoms with Crippen LogP contribution in [-0.2, 0) is 21.3 Å². The summed E-state index contributed by atoms with van der Waals surface area (Å²) in [6, 6.07) is 21.5. The molecule has 2 aliphatic rings. The molecule has 2 fully saturated rings. The Morgan fingerprint density at radius 3 is 2.21 bits per heavy atom. The zero-order valence-electron chi connectivity index (χ0n) is 19.9. The number of sulfonamides is 1. The van der Waals surface area contributed by atoms with Crippen LogP contribution in [0.5, 0.6) is 0 Å². The molecule has 0 radical (unpaired) electrons. The van der Waals surface area contributed by atoms with Crippen molar-refractivity contribution in [2.24, 2.45) is 0 Å². The Morgan fingerprint density at radius 1 is 0.970 bits per heavy atom. The topological polar surface area (TPSA) is 58.6 Å². The van der Waals surface area contributed by atoms with Gasteiger partial charge in [0.15, 0.2) is 0 Å². The van der Waals surface area contributed by atoms with E-state index in [4.69, 9.17) is 4.74 Å². The highest BCUT2D eigenvalue weighted by Crippen LogP contribution is 2.35. The maximum Gasteiger partial charge on any atom is 0.209 e. The van der Waals surface area contributed by atoms with Crippen LogP contribution in [0.3, 0.4) is 0 Å². The first-order valence-electron chi connectivity index (χ1n) is 12.4. The van der Waals surface area contributed by atoms with Gasteiger partial charge in [0.2, 0.25) is 10.0 Å². The van der Waals surface area contributed by atoms with Gasteiger partial charge in [0.05, 0.1) is 25.0 Å². The Labute approximate surface area is 199 Å². The lowest BCUT2D eigenvalue weighted by atomic mass is 9.83. The van der Waals surface area contributed by atoms with Gasteiger partial charge < -0.3 is 4.74 Å². The fourth-order valence-corrected chi connectivity index (χ4v) is 6.47. The van der Waals surface area contributed by atoms with E-state index >= 15 is 0 Å². The van der Waals surface area contributed by atoms with E-state index in [0.717, 1.165) is 45.1 Å². The first-order valence-corrected chi connectivity index (χ1v) is 14.3. The Balaban J connectivity index is 1.41. The van der Waals surface area contributed by atoms with Gasteiger partial charge in [0.1, 0.15) is 0 Å². The third-order valence-corrected chi connectivity index (χ3v) is 8.11. The van der Waals surface area contributed by atoms with Crippen LogP contribution in [0.4, 0.5) is 0 Å². The average molecular weight is 471 g/mol. The van der Waals surface area contributed by atoms with Gasteiger partial charge in [-0.1, -0.05) is 67.6 Å². The normalized spacial score (nSPS) is 28.7. The molecule has 0 bridgehead atoms. The van der Waals surface area contributed by atoms with Crippen molar-refractivity contribution in [2.75, 3.05) is 12.9 Å². The second kappa shape index (κ2) is 11.1. The maximum absolute atomic E-state index is 12.1. The molecule has 2 unspecified atom stereocenters. The standard InChI is InChI=1S/C27H38N2O3S/c1-3-24-18-26(28-33(2,30)31)27(29(24)19-21-10-6-4-7-11-21)20-32-25-16-14-23(15-17-25)22-12-8-5-9-13-22/h4-13,23-28H,3,14-20H2,1-2H3/t23-,24?,25+,26?,27-/m0/s1. The Bertz CT molecular complexity index is 959. The van der Waals surface area contributed by atoms with E-state index in [2.05, 4.69) is 71.1 Å². The van der Waals surface area contributed by atoms with E-state index < -0.39 is 10.0 Å². The van der Waals surface area contributed by atoms with Crippen LogP contribution in [-0.4, -0.2) is 50.4 Å². The molecule has 6 heteroatoms. The van der Waals surface area contributed by atoms with Gasteiger partial charge in [-0.2, -0.15) is 0 Å². The molecule has 1 N–H and O–H groups in total. The highest BCUT2D eigenvalue weighted by molar-refractivity contribution is 7.88. The second-order valence-electron chi connectivity index (χ2n) is 9.74. The Hall–Kier alpha value is -1.73. The van der Waals surface area contributed by atoms with Gasteiger partial charge >= 0.3 is 0 Å². The zero-order chi connectivity index (χ0) is 23.3. The Kier molecular flexibility index (Phi) is 8.23. The molecule has 0 amide bonds. The quantitative estimate of drug-likeness (QED) is 0.577. The van der Waals surface area contributed by atoms with Crippen molar-refractivity contribution in [3.8, 4) is 0 Å². The number of nitrogens with one attached hydrogen (secondary N) is 1. The predicted octanol–water partition coefficient (Wildman–Crippen LogP) is 4.70. The van der Waals surface area contributed by atoms with Crippen molar-refractivity contribution in [2.45, 2.75) is 82.1 Å². The number of ether oxygens (including phenoxy) is 1. The number of hydrogen-bond acceptors (Lipinski definition) is 4. The van der Waals surface area contributed by atoms with E-state index in [9.17, 15) is 8.42 Å². The molecule has 2 aromatic carbocycles. The smallest absolute Gasteiger partial charge is 0.209 e. The van der Waals surface area contributed by atoms with Crippen molar-refractivity contribution in [3.63, 3.8) is 0 Å². The van der Waals surface area contributed by atoms with E-state index in [0.29, 0.717) is 18.6 Å². The maximum atomic E-state index is 12.1. The lowest BCUT2D eigenvalue weighted by molar-refractivity contribution is -0.0124. The van der Waals surface area contributed by atoms with Gasteiger partial charge in [-0.25, -0.2) is 13.1 Å². The van der Waals surface area contributed by atoms with Gasteiger partial charge in [0.25, 0.3) is 0 Å². The number of hydrogen-bond donors (Lipinski definition) is 1. The van der Waals surface area contributed by atoms with E-state index in [1.54, 1.807) is 0 Å². The largest absolute Gasteiger partial charge is 0.377 e. The molecule has 1 heterocycles. The minimum absolute atomic E-state index is 0.0386. The molecule has 1 aliphatic carbocycles. The molecule has 33 heavy (non-hydrogen) atoms. The summed E-state index contributed by atoms with van der Waals surface area (Å²) in [5.41, 5.74) is 2.69. The molecule has 1 saturated carbocycles. The summed E-state index contributed by atoms with van der Waals surface area (Å²) < 4.78 is 33.6. The third-order valence-electron chi connectivity index (χ3n) is 7.38. The van der Waals surface area contributed by atoms with Crippen molar-refractivity contribution >= 4 is 10.0 Å². The summed E-state index contributed by atoms with van der Waals surface area (Å²) in [7, 11) is -3.28. The van der Waals surface area contributed by atoms with Crippen LogP contribution >= 0.6 is 0 Å². The van der Waals surface area contributed by atoms with Crippen LogP contribution in [0, 0.1) is 0 Å². The second-order valence-corrected chi connectivity index (χ2v) is 11.5. The highest BCUT2D eigenvalue weighted by Gasteiger charge is 2.42. The lowest BCUT2D eigenvalue weighted by Gasteiger charge is -2.34. The molecule has 2 aromatic rings. The summed E-state index contributed by atoms with van der Waals surface area (Å²) >= 11 is 0. The van der Waals surface area contributed by atoms with Crippen molar-refractivity contribution < 1.29 is 13.2 Å². The van der Waals surface area contributed by atoms with E-state index in [-0.39, 0.29) is 18.2 Å². The molecule has 4 rings (SSSR count). The van der Waals surface area contributed by atoms with Crippen molar-refractivity contribution in [3.05, 3.63) is 71.8 Å². The summed E-state index contributed by atoms with van der Waals surface area (Å²) in [6.45, 7) is 3.57. The molecule has 0 spiro atoms. The molecule has 5 nitrogen and oxygen atoms in total. The number of rotatable bonds is 9. The van der Waals surface area contributed by atoms with Crippen molar-refractivity contribution in [1.82, 2.24) is 9.62 Å². The number of likely N-dealkylation sites (tertiary alicyclic amines) is 1. The predicted molar refractivity (Wildman–Crippen MR) is 134 cm³/mol. The van der Waals surface area contributed by atoms with Crippen LogP contribution < -0.4 is 4.72 Å². The summed E-state index contributed by atoms with van der Waals surface area (Å²) in [6.07, 6.45) is 7.75. The van der Waals surface area contributed by atoms with Gasteiger partial charge in [0, 0.05) is 18.6 Å². The summed E-state index contributed by atoms with van der Waals surface area (Å²) in [5.74, 6) is 0.622. The van der Waals surface area contributed by atoms with Crippen molar-refractivity contribution in [1.29, 1.82) is 0 Å². The minimum Gasteiger partial charge on any atom is -0.377 e. The van der Waals surface area contributed by atoms with Gasteiger partial charge in [-0.15, -0.1) is 0 Å². The monoisotopic (exact) mass is 470 g/mol. The average Bonchev–Trinajstić information content (AvgIpc) is 3.13. The molecule has 3 atom stereocenters. The van der Waals surface area contributed by atoms with E-state index in [1.165, 1.54) is 17.4 Å². The zero-order valence-corrected chi connectivity index (χ0v) is 20.7. The van der Waals surface area contributed by atoms with Gasteiger partial charge in [-0.3, -0.25) is 4.90 Å². The Morgan fingerprint density at radius 2 is 1.61 bits per heavy atom. The number of nitrogens with zero attached hydrogens (tertiary/aromatic N) is 1. The summed E-state index contributed by atoms with van der Waals surface area (Å²) in [4.78, 5) is 2.47. The fourth-order valence-electron chi connectivity index (χ4n) is 5.67. The molecular weight excluding hydrogens is 432 g/mol. The molecule has 180 valence electrons. The van der Waals surface area contributed by atoms with Crippen LogP contribution in [0.2, 0.25) is 0 Å². The highest BCUT2D eigenvalue weighted by atomic mass is 32.2. The first kappa shape index (κ1) is 24.4. The molecule has 0 aromatic heterocycles. The molecular formula is C27H38N2O3S. The minimum atomic E-state index is -3.28. The SMILES string of the molecule is CCC1CC(NS(C)(=O)=O)[C@H](CO[C@H]2CC[C@@H](c3ccccc3)CC2)N1Cc1ccccc1. The lowest BCUT2D eigenvalue weighted by Crippen LogP contribution is -2.48. The van der Waals surface area contributed by atoms with Crippen LogP contribution in [0.1, 0.15) is 62.5 Å². The van der Waals surface area contributed by atoms with Crippen LogP contribution in [0.25, 0.3) is 0 Å². The van der Waals surface area contributed by atoms with E-state index in [1.807, 2.05) is 6.07 Å². The fraction of sp³-hybridized carbons (Fsp3) is 0.556. The third kappa shape index (κ3) is 6.66. The molecule has 1 saturated heterocycles. The summed E-state index contributed by atoms with van der Waals surface area (Å²) in [5, 5.41) is 0.